The Hall–Kier alpha value is -0.570. The number of fused-ring (bicyclic) bond motifs is 5. The lowest BCUT2D eigenvalue weighted by molar-refractivity contribution is -0.159. The van der Waals surface area contributed by atoms with Crippen molar-refractivity contribution < 1.29 is 14.6 Å². The summed E-state index contributed by atoms with van der Waals surface area (Å²) in [6.07, 6.45) is 4.48. The molecule has 1 N–H and O–H groups in total. The molecule has 0 aliphatic heterocycles. The number of aliphatic hydroxyl groups is 1. The lowest BCUT2D eigenvalue weighted by atomic mass is 9.80. The van der Waals surface area contributed by atoms with Crippen LogP contribution in [0, 0.1) is 29.6 Å². The molecule has 2 bridgehead atoms. The zero-order valence-electron chi connectivity index (χ0n) is 11.6. The molecule has 3 heteroatoms. The van der Waals surface area contributed by atoms with Crippen molar-refractivity contribution in [1.29, 1.82) is 0 Å². The van der Waals surface area contributed by atoms with Crippen molar-refractivity contribution in [2.45, 2.75) is 58.2 Å². The maximum absolute atomic E-state index is 11.2. The Bertz CT molecular complexity index is 363. The van der Waals surface area contributed by atoms with Crippen LogP contribution in [0.15, 0.2) is 0 Å². The van der Waals surface area contributed by atoms with Crippen LogP contribution in [0.1, 0.15) is 46.5 Å². The largest absolute Gasteiger partial charge is 0.460 e. The van der Waals surface area contributed by atoms with Crippen molar-refractivity contribution in [3.63, 3.8) is 0 Å². The molecule has 0 radical (unpaired) electrons. The molecule has 6 atom stereocenters. The van der Waals surface area contributed by atoms with Crippen molar-refractivity contribution in [2.24, 2.45) is 29.6 Å². The number of hydrogen-bond acceptors (Lipinski definition) is 3. The molecule has 0 heterocycles. The Kier molecular flexibility index (Phi) is 2.74. The summed E-state index contributed by atoms with van der Waals surface area (Å²) in [4.78, 5) is 11.2. The standard InChI is InChI=1S/C15H24O3/c1-8(16)18-15(2,3)10-6-11-9-4-13(12(11)7-10)14(17)5-9/h9-14,17H,4-7H2,1-3H3. The Morgan fingerprint density at radius 2 is 1.78 bits per heavy atom. The second-order valence-electron chi connectivity index (χ2n) is 7.16. The molecule has 0 saturated heterocycles. The average molecular weight is 252 g/mol. The van der Waals surface area contributed by atoms with Gasteiger partial charge in [0, 0.05) is 6.92 Å². The van der Waals surface area contributed by atoms with E-state index in [4.69, 9.17) is 4.74 Å². The van der Waals surface area contributed by atoms with Crippen LogP contribution in [0.25, 0.3) is 0 Å². The average Bonchev–Trinajstić information content (AvgIpc) is 2.82. The van der Waals surface area contributed by atoms with Gasteiger partial charge in [-0.2, -0.15) is 0 Å². The Morgan fingerprint density at radius 1 is 1.11 bits per heavy atom. The molecule has 0 aromatic rings. The number of esters is 1. The van der Waals surface area contributed by atoms with Crippen LogP contribution in [0.2, 0.25) is 0 Å². The van der Waals surface area contributed by atoms with E-state index in [-0.39, 0.29) is 17.7 Å². The van der Waals surface area contributed by atoms with Gasteiger partial charge in [-0.05, 0) is 69.1 Å². The maximum Gasteiger partial charge on any atom is 0.303 e. The molecular formula is C15H24O3. The van der Waals surface area contributed by atoms with Crippen LogP contribution >= 0.6 is 0 Å². The van der Waals surface area contributed by atoms with E-state index in [1.165, 1.54) is 19.8 Å². The molecular weight excluding hydrogens is 228 g/mol. The third-order valence-corrected chi connectivity index (χ3v) is 5.82. The molecule has 3 aliphatic carbocycles. The minimum absolute atomic E-state index is 0.0631. The van der Waals surface area contributed by atoms with Crippen LogP contribution in [-0.4, -0.2) is 22.8 Å². The SMILES string of the molecule is CC(=O)OC(C)(C)C1CC2C3CC(O)C(C3)C2C1. The van der Waals surface area contributed by atoms with Gasteiger partial charge in [0.05, 0.1) is 6.10 Å². The van der Waals surface area contributed by atoms with E-state index in [0.29, 0.717) is 17.8 Å². The number of rotatable bonds is 2. The van der Waals surface area contributed by atoms with Gasteiger partial charge in [-0.3, -0.25) is 4.79 Å². The molecule has 0 aromatic heterocycles. The Morgan fingerprint density at radius 3 is 2.44 bits per heavy atom. The number of carbonyl (C=O) groups is 1. The molecule has 3 saturated carbocycles. The first-order valence-corrected chi connectivity index (χ1v) is 7.26. The van der Waals surface area contributed by atoms with E-state index in [1.54, 1.807) is 0 Å². The molecule has 3 aliphatic rings. The molecule has 0 spiro atoms. The van der Waals surface area contributed by atoms with Gasteiger partial charge in [0.25, 0.3) is 0 Å². The van der Waals surface area contributed by atoms with Gasteiger partial charge >= 0.3 is 5.97 Å². The summed E-state index contributed by atoms with van der Waals surface area (Å²) < 4.78 is 5.50. The highest BCUT2D eigenvalue weighted by Crippen LogP contribution is 2.61. The van der Waals surface area contributed by atoms with Crippen LogP contribution in [-0.2, 0) is 9.53 Å². The first kappa shape index (κ1) is 12.5. The van der Waals surface area contributed by atoms with Gasteiger partial charge < -0.3 is 9.84 Å². The number of hydrogen-bond donors (Lipinski definition) is 1. The predicted molar refractivity (Wildman–Crippen MR) is 67.8 cm³/mol. The topological polar surface area (TPSA) is 46.5 Å². The van der Waals surface area contributed by atoms with Gasteiger partial charge in [-0.15, -0.1) is 0 Å². The van der Waals surface area contributed by atoms with Crippen molar-refractivity contribution in [1.82, 2.24) is 0 Å². The van der Waals surface area contributed by atoms with E-state index < -0.39 is 0 Å². The normalized spacial score (nSPS) is 46.2. The fourth-order valence-corrected chi connectivity index (χ4v) is 5.06. The van der Waals surface area contributed by atoms with Crippen molar-refractivity contribution in [3.05, 3.63) is 0 Å². The highest BCUT2D eigenvalue weighted by molar-refractivity contribution is 5.66. The number of aliphatic hydroxyl groups excluding tert-OH is 1. The Labute approximate surface area is 109 Å². The first-order chi connectivity index (χ1) is 8.38. The molecule has 3 fully saturated rings. The molecule has 3 rings (SSSR count). The first-order valence-electron chi connectivity index (χ1n) is 7.26. The molecule has 0 amide bonds. The van der Waals surface area contributed by atoms with Crippen LogP contribution < -0.4 is 0 Å². The predicted octanol–water partition coefficient (Wildman–Crippen LogP) is 2.37. The molecule has 18 heavy (non-hydrogen) atoms. The molecule has 102 valence electrons. The van der Waals surface area contributed by atoms with Crippen molar-refractivity contribution >= 4 is 5.97 Å². The summed E-state index contributed by atoms with van der Waals surface area (Å²) in [6, 6.07) is 0. The summed E-state index contributed by atoms with van der Waals surface area (Å²) in [6.45, 7) is 5.57. The third-order valence-electron chi connectivity index (χ3n) is 5.82. The van der Waals surface area contributed by atoms with Gasteiger partial charge in [0.1, 0.15) is 5.60 Å². The minimum atomic E-state index is -0.347. The second kappa shape index (κ2) is 3.96. The lowest BCUT2D eigenvalue weighted by Gasteiger charge is -2.32. The third kappa shape index (κ3) is 1.78. The summed E-state index contributed by atoms with van der Waals surface area (Å²) in [5.41, 5.74) is -0.347. The quantitative estimate of drug-likeness (QED) is 0.767. The monoisotopic (exact) mass is 252 g/mol. The smallest absolute Gasteiger partial charge is 0.303 e. The van der Waals surface area contributed by atoms with Crippen LogP contribution in [0.5, 0.6) is 0 Å². The van der Waals surface area contributed by atoms with Gasteiger partial charge in [-0.1, -0.05) is 0 Å². The van der Waals surface area contributed by atoms with E-state index in [0.717, 1.165) is 24.7 Å². The number of ether oxygens (including phenoxy) is 1. The Balaban J connectivity index is 1.71. The van der Waals surface area contributed by atoms with E-state index in [2.05, 4.69) is 0 Å². The van der Waals surface area contributed by atoms with Gasteiger partial charge in [0.2, 0.25) is 0 Å². The molecule has 0 aromatic carbocycles. The zero-order valence-corrected chi connectivity index (χ0v) is 11.6. The maximum atomic E-state index is 11.2. The fraction of sp³-hybridized carbons (Fsp3) is 0.933. The zero-order chi connectivity index (χ0) is 13.1. The minimum Gasteiger partial charge on any atom is -0.460 e. The molecule has 3 nitrogen and oxygen atoms in total. The van der Waals surface area contributed by atoms with Crippen LogP contribution in [0.3, 0.4) is 0 Å². The van der Waals surface area contributed by atoms with Crippen molar-refractivity contribution in [2.75, 3.05) is 0 Å². The van der Waals surface area contributed by atoms with E-state index >= 15 is 0 Å². The highest BCUT2D eigenvalue weighted by atomic mass is 16.6. The van der Waals surface area contributed by atoms with Gasteiger partial charge in [0.15, 0.2) is 0 Å². The van der Waals surface area contributed by atoms with E-state index in [1.807, 2.05) is 13.8 Å². The van der Waals surface area contributed by atoms with Crippen molar-refractivity contribution in [3.8, 4) is 0 Å². The summed E-state index contributed by atoms with van der Waals surface area (Å²) >= 11 is 0. The second-order valence-corrected chi connectivity index (χ2v) is 7.16. The fourth-order valence-electron chi connectivity index (χ4n) is 5.06. The summed E-state index contributed by atoms with van der Waals surface area (Å²) in [7, 11) is 0. The van der Waals surface area contributed by atoms with Crippen LogP contribution in [0.4, 0.5) is 0 Å². The molecule has 6 unspecified atom stereocenters. The lowest BCUT2D eigenvalue weighted by Crippen LogP contribution is -2.35. The highest BCUT2D eigenvalue weighted by Gasteiger charge is 2.57. The number of carbonyl (C=O) groups excluding carboxylic acids is 1. The van der Waals surface area contributed by atoms with E-state index in [9.17, 15) is 9.90 Å². The summed E-state index contributed by atoms with van der Waals surface area (Å²) in [5.74, 6) is 3.00. The summed E-state index contributed by atoms with van der Waals surface area (Å²) in [5, 5.41) is 10.0. The van der Waals surface area contributed by atoms with Gasteiger partial charge in [-0.25, -0.2) is 0 Å².